The van der Waals surface area contributed by atoms with Gasteiger partial charge in [0.25, 0.3) is 0 Å². The van der Waals surface area contributed by atoms with Crippen LogP contribution in [0, 0.1) is 23.2 Å². The van der Waals surface area contributed by atoms with Crippen LogP contribution in [-0.2, 0) is 9.53 Å². The maximum Gasteiger partial charge on any atom is 0.306 e. The first-order valence-electron chi connectivity index (χ1n) is 8.72. The zero-order valence-electron chi connectivity index (χ0n) is 13.9. The summed E-state index contributed by atoms with van der Waals surface area (Å²) < 4.78 is 5.68. The van der Waals surface area contributed by atoms with Gasteiger partial charge in [-0.05, 0) is 62.2 Å². The van der Waals surface area contributed by atoms with E-state index in [1.807, 2.05) is 0 Å². The lowest BCUT2D eigenvalue weighted by Crippen LogP contribution is -2.35. The third kappa shape index (κ3) is 4.70. The first-order chi connectivity index (χ1) is 9.88. The van der Waals surface area contributed by atoms with Crippen LogP contribution in [-0.4, -0.2) is 23.8 Å². The summed E-state index contributed by atoms with van der Waals surface area (Å²) in [6.07, 6.45) is 9.14. The molecule has 0 aromatic carbocycles. The van der Waals surface area contributed by atoms with E-state index in [9.17, 15) is 9.90 Å². The Hall–Kier alpha value is -0.570. The van der Waals surface area contributed by atoms with Crippen molar-refractivity contribution in [2.24, 2.45) is 23.2 Å². The van der Waals surface area contributed by atoms with Gasteiger partial charge in [0.05, 0.1) is 12.0 Å². The van der Waals surface area contributed by atoms with Gasteiger partial charge in [0.1, 0.15) is 0 Å². The van der Waals surface area contributed by atoms with Gasteiger partial charge in [-0.2, -0.15) is 0 Å². The minimum absolute atomic E-state index is 0.118. The van der Waals surface area contributed by atoms with E-state index in [0.29, 0.717) is 23.4 Å². The number of hydrogen-bond donors (Lipinski definition) is 1. The molecule has 1 aliphatic heterocycles. The molecule has 1 saturated heterocycles. The fraction of sp³-hybridized carbons (Fsp3) is 0.944. The lowest BCUT2D eigenvalue weighted by Gasteiger charge is -2.40. The maximum atomic E-state index is 11.5. The van der Waals surface area contributed by atoms with Crippen LogP contribution in [0.2, 0.25) is 0 Å². The molecule has 1 heterocycles. The Morgan fingerprint density at radius 2 is 1.95 bits per heavy atom. The molecular formula is C18H32O3. The van der Waals surface area contributed by atoms with Gasteiger partial charge in [-0.3, -0.25) is 4.79 Å². The summed E-state index contributed by atoms with van der Waals surface area (Å²) in [5.74, 6) is 0.334. The molecule has 4 atom stereocenters. The molecule has 0 aromatic rings. The third-order valence-electron chi connectivity index (χ3n) is 5.65. The van der Waals surface area contributed by atoms with E-state index < -0.39 is 5.97 Å². The minimum Gasteiger partial charge on any atom is -0.481 e. The van der Waals surface area contributed by atoms with Crippen LogP contribution in [0.15, 0.2) is 0 Å². The predicted octanol–water partition coefficient (Wildman–Crippen LogP) is 4.50. The molecular weight excluding hydrogens is 264 g/mol. The van der Waals surface area contributed by atoms with E-state index in [-0.39, 0.29) is 5.92 Å². The summed E-state index contributed by atoms with van der Waals surface area (Å²) in [6, 6.07) is 0. The summed E-state index contributed by atoms with van der Waals surface area (Å²) >= 11 is 0. The van der Waals surface area contributed by atoms with Crippen LogP contribution < -0.4 is 0 Å². The van der Waals surface area contributed by atoms with E-state index in [4.69, 9.17) is 4.74 Å². The summed E-state index contributed by atoms with van der Waals surface area (Å²) in [5.41, 5.74) is 0.302. The van der Waals surface area contributed by atoms with Crippen LogP contribution in [0.4, 0.5) is 0 Å². The molecule has 4 unspecified atom stereocenters. The maximum absolute atomic E-state index is 11.5. The molecule has 0 radical (unpaired) electrons. The molecule has 1 N–H and O–H groups in total. The van der Waals surface area contributed by atoms with Gasteiger partial charge in [0, 0.05) is 6.61 Å². The molecule has 21 heavy (non-hydrogen) atoms. The molecule has 122 valence electrons. The van der Waals surface area contributed by atoms with E-state index in [2.05, 4.69) is 20.8 Å². The number of aliphatic carboxylic acids is 1. The molecule has 3 nitrogen and oxygen atoms in total. The largest absolute Gasteiger partial charge is 0.481 e. The van der Waals surface area contributed by atoms with Crippen LogP contribution in [0.3, 0.4) is 0 Å². The molecule has 3 heteroatoms. The van der Waals surface area contributed by atoms with Crippen LogP contribution in [0.5, 0.6) is 0 Å². The van der Waals surface area contributed by atoms with Gasteiger partial charge < -0.3 is 9.84 Å². The van der Waals surface area contributed by atoms with Crippen molar-refractivity contribution in [3.8, 4) is 0 Å². The van der Waals surface area contributed by atoms with E-state index >= 15 is 0 Å². The van der Waals surface area contributed by atoms with Gasteiger partial charge in [-0.25, -0.2) is 0 Å². The van der Waals surface area contributed by atoms with Gasteiger partial charge in [0.2, 0.25) is 0 Å². The monoisotopic (exact) mass is 296 g/mol. The average Bonchev–Trinajstić information content (AvgIpc) is 2.90. The Kier molecular flexibility index (Phi) is 5.70. The Morgan fingerprint density at radius 1 is 1.19 bits per heavy atom. The number of carboxylic acid groups (broad SMARTS) is 1. The van der Waals surface area contributed by atoms with Gasteiger partial charge in [0.15, 0.2) is 0 Å². The Labute approximate surface area is 129 Å². The normalized spacial score (nSPS) is 34.0. The quantitative estimate of drug-likeness (QED) is 0.812. The van der Waals surface area contributed by atoms with Gasteiger partial charge in [-0.1, -0.05) is 27.2 Å². The summed E-state index contributed by atoms with van der Waals surface area (Å²) in [4.78, 5) is 11.5. The summed E-state index contributed by atoms with van der Waals surface area (Å²) in [6.45, 7) is 7.80. The SMILES string of the molecule is CC(C)(C)C1CCC(C(=O)O)C(CCCC2CCCO2)C1. The van der Waals surface area contributed by atoms with Crippen molar-refractivity contribution in [3.05, 3.63) is 0 Å². The second-order valence-corrected chi connectivity index (χ2v) is 8.15. The molecule has 2 fully saturated rings. The Morgan fingerprint density at radius 3 is 2.52 bits per heavy atom. The fourth-order valence-corrected chi connectivity index (χ4v) is 4.17. The molecule has 0 spiro atoms. The van der Waals surface area contributed by atoms with Crippen LogP contribution in [0.25, 0.3) is 0 Å². The Balaban J connectivity index is 1.86. The standard InChI is InChI=1S/C18H32O3/c1-18(2,3)14-9-10-16(17(19)20)13(12-14)6-4-7-15-8-5-11-21-15/h13-16H,4-12H2,1-3H3,(H,19,20). The molecule has 2 rings (SSSR count). The van der Waals surface area contributed by atoms with Gasteiger partial charge >= 0.3 is 5.97 Å². The third-order valence-corrected chi connectivity index (χ3v) is 5.65. The molecule has 1 aliphatic carbocycles. The second kappa shape index (κ2) is 7.13. The van der Waals surface area contributed by atoms with Crippen molar-refractivity contribution in [1.82, 2.24) is 0 Å². The lowest BCUT2D eigenvalue weighted by molar-refractivity contribution is -0.146. The van der Waals surface area contributed by atoms with Crippen molar-refractivity contribution in [3.63, 3.8) is 0 Å². The number of rotatable bonds is 5. The predicted molar refractivity (Wildman–Crippen MR) is 84.2 cm³/mol. The highest BCUT2D eigenvalue weighted by Gasteiger charge is 2.38. The van der Waals surface area contributed by atoms with Crippen LogP contribution in [0.1, 0.15) is 72.1 Å². The number of carboxylic acids is 1. The molecule has 1 saturated carbocycles. The molecule has 0 aromatic heterocycles. The van der Waals surface area contributed by atoms with E-state index in [1.165, 1.54) is 12.8 Å². The topological polar surface area (TPSA) is 46.5 Å². The van der Waals surface area contributed by atoms with Crippen molar-refractivity contribution in [2.45, 2.75) is 78.2 Å². The van der Waals surface area contributed by atoms with E-state index in [1.54, 1.807) is 0 Å². The first kappa shape index (κ1) is 16.8. The van der Waals surface area contributed by atoms with Crippen molar-refractivity contribution in [2.75, 3.05) is 6.61 Å². The summed E-state index contributed by atoms with van der Waals surface area (Å²) in [7, 11) is 0. The minimum atomic E-state index is -0.579. The number of carbonyl (C=O) groups is 1. The first-order valence-corrected chi connectivity index (χ1v) is 8.72. The molecule has 2 aliphatic rings. The van der Waals surface area contributed by atoms with Crippen molar-refractivity contribution < 1.29 is 14.6 Å². The van der Waals surface area contributed by atoms with Crippen LogP contribution >= 0.6 is 0 Å². The zero-order valence-corrected chi connectivity index (χ0v) is 13.9. The average molecular weight is 296 g/mol. The molecule has 0 amide bonds. The highest BCUT2D eigenvalue weighted by molar-refractivity contribution is 5.70. The molecule has 0 bridgehead atoms. The van der Waals surface area contributed by atoms with E-state index in [0.717, 1.165) is 45.1 Å². The lowest BCUT2D eigenvalue weighted by atomic mass is 9.64. The Bertz CT molecular complexity index is 339. The van der Waals surface area contributed by atoms with Crippen molar-refractivity contribution >= 4 is 5.97 Å². The number of hydrogen-bond acceptors (Lipinski definition) is 2. The zero-order chi connectivity index (χ0) is 15.5. The number of ether oxygens (including phenoxy) is 1. The smallest absolute Gasteiger partial charge is 0.306 e. The van der Waals surface area contributed by atoms with Gasteiger partial charge in [-0.15, -0.1) is 0 Å². The summed E-state index contributed by atoms with van der Waals surface area (Å²) in [5, 5.41) is 9.48. The fourth-order valence-electron chi connectivity index (χ4n) is 4.17. The highest BCUT2D eigenvalue weighted by Crippen LogP contribution is 2.44. The van der Waals surface area contributed by atoms with Crippen molar-refractivity contribution in [1.29, 1.82) is 0 Å². The highest BCUT2D eigenvalue weighted by atomic mass is 16.5. The second-order valence-electron chi connectivity index (χ2n) is 8.15.